The molecule has 0 aliphatic carbocycles. The zero-order chi connectivity index (χ0) is 29.1. The molecule has 6 rings (SSSR count). The van der Waals surface area contributed by atoms with Crippen LogP contribution in [0.25, 0.3) is 28.1 Å². The van der Waals surface area contributed by atoms with E-state index in [0.717, 1.165) is 72.4 Å². The van der Waals surface area contributed by atoms with Crippen LogP contribution < -0.4 is 20.4 Å². The summed E-state index contributed by atoms with van der Waals surface area (Å²) in [4.78, 5) is 46.5. The Balaban J connectivity index is 1.07. The largest absolute Gasteiger partial charge is 0.363 e. The van der Waals surface area contributed by atoms with Gasteiger partial charge in [0.1, 0.15) is 5.82 Å². The van der Waals surface area contributed by atoms with E-state index in [4.69, 9.17) is 4.98 Å². The van der Waals surface area contributed by atoms with E-state index in [1.54, 1.807) is 18.3 Å². The van der Waals surface area contributed by atoms with E-state index in [2.05, 4.69) is 66.9 Å². The zero-order valence-corrected chi connectivity index (χ0v) is 24.4. The fourth-order valence-corrected chi connectivity index (χ4v) is 5.90. The van der Waals surface area contributed by atoms with E-state index in [0.29, 0.717) is 29.0 Å². The van der Waals surface area contributed by atoms with Crippen molar-refractivity contribution in [2.75, 3.05) is 43.5 Å². The van der Waals surface area contributed by atoms with Crippen molar-refractivity contribution in [2.45, 2.75) is 19.4 Å². The summed E-state index contributed by atoms with van der Waals surface area (Å²) in [6.07, 6.45) is 7.26. The third kappa shape index (κ3) is 6.27. The van der Waals surface area contributed by atoms with E-state index in [9.17, 15) is 9.59 Å². The van der Waals surface area contributed by atoms with Gasteiger partial charge in [-0.2, -0.15) is 0 Å². The van der Waals surface area contributed by atoms with Crippen LogP contribution in [0.4, 0.5) is 16.6 Å². The number of anilines is 2. The average Bonchev–Trinajstić information content (AvgIpc) is 3.33. The van der Waals surface area contributed by atoms with Gasteiger partial charge in [0, 0.05) is 57.1 Å². The summed E-state index contributed by atoms with van der Waals surface area (Å²) in [6.45, 7) is 3.30. The highest BCUT2D eigenvalue weighted by Crippen LogP contribution is 2.27. The first-order valence-electron chi connectivity index (χ1n) is 14.0. The molecule has 3 aromatic heterocycles. The SMILES string of the molecule is CN(C)c1ccc(-c2cc3ccccc3c(CNCC3CCN(c4nccc(C=C5SC(=O)NC5=O)n4)CC3)n2)cn1. The highest BCUT2D eigenvalue weighted by Gasteiger charge is 2.26. The van der Waals surface area contributed by atoms with Gasteiger partial charge >= 0.3 is 0 Å². The topological polar surface area (TPSA) is 116 Å². The minimum absolute atomic E-state index is 0.348. The van der Waals surface area contributed by atoms with Crippen LogP contribution in [-0.2, 0) is 11.3 Å². The van der Waals surface area contributed by atoms with Gasteiger partial charge in [0.15, 0.2) is 0 Å². The number of benzene rings is 1. The van der Waals surface area contributed by atoms with Crippen LogP contribution in [0.3, 0.4) is 0 Å². The molecule has 10 nitrogen and oxygen atoms in total. The second-order valence-electron chi connectivity index (χ2n) is 10.7. The summed E-state index contributed by atoms with van der Waals surface area (Å²) in [5, 5.41) is 7.90. The molecule has 214 valence electrons. The molecule has 2 saturated heterocycles. The van der Waals surface area contributed by atoms with Gasteiger partial charge in [-0.05, 0) is 72.8 Å². The van der Waals surface area contributed by atoms with Crippen molar-refractivity contribution in [3.8, 4) is 11.3 Å². The number of piperidine rings is 1. The molecule has 0 radical (unpaired) electrons. The lowest BCUT2D eigenvalue weighted by Crippen LogP contribution is -2.38. The highest BCUT2D eigenvalue weighted by molar-refractivity contribution is 8.18. The van der Waals surface area contributed by atoms with Crippen molar-refractivity contribution in [2.24, 2.45) is 5.92 Å². The third-order valence-corrected chi connectivity index (χ3v) is 8.34. The predicted molar refractivity (Wildman–Crippen MR) is 167 cm³/mol. The average molecular weight is 581 g/mol. The lowest BCUT2D eigenvalue weighted by molar-refractivity contribution is -0.115. The summed E-state index contributed by atoms with van der Waals surface area (Å²) in [7, 11) is 3.97. The summed E-state index contributed by atoms with van der Waals surface area (Å²) in [6, 6.07) is 16.4. The smallest absolute Gasteiger partial charge is 0.290 e. The molecule has 0 unspecified atom stereocenters. The summed E-state index contributed by atoms with van der Waals surface area (Å²) in [5.74, 6) is 1.71. The number of pyridine rings is 2. The number of carbonyl (C=O) groups is 2. The molecule has 42 heavy (non-hydrogen) atoms. The number of aromatic nitrogens is 4. The molecule has 0 spiro atoms. The Kier molecular flexibility index (Phi) is 8.11. The van der Waals surface area contributed by atoms with Crippen LogP contribution >= 0.6 is 11.8 Å². The summed E-state index contributed by atoms with van der Waals surface area (Å²) in [5.41, 5.74) is 3.57. The van der Waals surface area contributed by atoms with Gasteiger partial charge in [0.2, 0.25) is 5.95 Å². The number of thioether (sulfide) groups is 1. The molecule has 11 heteroatoms. The first-order valence-corrected chi connectivity index (χ1v) is 14.8. The van der Waals surface area contributed by atoms with Crippen molar-refractivity contribution in [1.29, 1.82) is 0 Å². The van der Waals surface area contributed by atoms with Crippen LogP contribution in [0, 0.1) is 5.92 Å². The number of nitrogens with zero attached hydrogens (tertiary/aromatic N) is 6. The zero-order valence-electron chi connectivity index (χ0n) is 23.6. The molecule has 2 aliphatic rings. The van der Waals surface area contributed by atoms with Crippen molar-refractivity contribution in [3.63, 3.8) is 0 Å². The number of amides is 2. The Bertz CT molecular complexity index is 1650. The number of imide groups is 1. The molecule has 0 saturated carbocycles. The van der Waals surface area contributed by atoms with Crippen molar-refractivity contribution >= 4 is 51.5 Å². The van der Waals surface area contributed by atoms with Crippen LogP contribution in [0.2, 0.25) is 0 Å². The Morgan fingerprint density at radius 1 is 1.07 bits per heavy atom. The van der Waals surface area contributed by atoms with Gasteiger partial charge in [-0.1, -0.05) is 24.3 Å². The standard InChI is InChI=1S/C31H32N8O2S/c1-38(2)28-8-7-22(18-34-28)25-15-21-5-3-4-6-24(21)26(36-25)19-32-17-20-10-13-39(14-11-20)30-33-12-9-23(35-30)16-27-29(40)37-31(41)42-27/h3-9,12,15-16,18,20,32H,10-11,13-14,17,19H2,1-2H3,(H,37,40,41). The highest BCUT2D eigenvalue weighted by atomic mass is 32.2. The molecule has 4 aromatic rings. The maximum absolute atomic E-state index is 11.9. The van der Waals surface area contributed by atoms with Crippen molar-refractivity contribution < 1.29 is 9.59 Å². The summed E-state index contributed by atoms with van der Waals surface area (Å²) < 4.78 is 0. The van der Waals surface area contributed by atoms with Gasteiger partial charge in [-0.3, -0.25) is 19.9 Å². The van der Waals surface area contributed by atoms with Crippen LogP contribution in [0.5, 0.6) is 0 Å². The monoisotopic (exact) mass is 580 g/mol. The fraction of sp³-hybridized carbons (Fsp3) is 0.290. The van der Waals surface area contributed by atoms with Crippen LogP contribution in [-0.4, -0.2) is 64.8 Å². The van der Waals surface area contributed by atoms with Crippen LogP contribution in [0.1, 0.15) is 24.2 Å². The van der Waals surface area contributed by atoms with Gasteiger partial charge < -0.3 is 15.1 Å². The Morgan fingerprint density at radius 3 is 2.64 bits per heavy atom. The van der Waals surface area contributed by atoms with Crippen molar-refractivity contribution in [1.82, 2.24) is 30.6 Å². The molecule has 0 bridgehead atoms. The Hall–Kier alpha value is -4.35. The van der Waals surface area contributed by atoms with Gasteiger partial charge in [0.05, 0.1) is 22.0 Å². The number of hydrogen-bond donors (Lipinski definition) is 2. The van der Waals surface area contributed by atoms with Crippen LogP contribution in [0.15, 0.2) is 65.8 Å². The first kappa shape index (κ1) is 27.8. The molecular weight excluding hydrogens is 548 g/mol. The molecule has 2 N–H and O–H groups in total. The molecule has 2 aliphatic heterocycles. The number of hydrogen-bond acceptors (Lipinski definition) is 10. The molecule has 0 atom stereocenters. The molecule has 1 aromatic carbocycles. The first-order chi connectivity index (χ1) is 20.4. The Labute approximate surface area is 248 Å². The maximum Gasteiger partial charge on any atom is 0.290 e. The number of carbonyl (C=O) groups excluding carboxylic acids is 2. The number of fused-ring (bicyclic) bond motifs is 1. The number of nitrogens with one attached hydrogen (secondary N) is 2. The molecule has 5 heterocycles. The molecular formula is C31H32N8O2S. The van der Waals surface area contributed by atoms with E-state index in [-0.39, 0.29) is 11.1 Å². The third-order valence-electron chi connectivity index (χ3n) is 7.53. The minimum Gasteiger partial charge on any atom is -0.363 e. The minimum atomic E-state index is -0.385. The quantitative estimate of drug-likeness (QED) is 0.289. The van der Waals surface area contributed by atoms with Gasteiger partial charge in [0.25, 0.3) is 11.1 Å². The van der Waals surface area contributed by atoms with Gasteiger partial charge in [-0.15, -0.1) is 0 Å². The van der Waals surface area contributed by atoms with Gasteiger partial charge in [-0.25, -0.2) is 15.0 Å². The summed E-state index contributed by atoms with van der Waals surface area (Å²) >= 11 is 0.889. The predicted octanol–water partition coefficient (Wildman–Crippen LogP) is 4.48. The fourth-order valence-electron chi connectivity index (χ4n) is 5.24. The van der Waals surface area contributed by atoms with E-state index in [1.807, 2.05) is 31.3 Å². The molecule has 2 amide bonds. The van der Waals surface area contributed by atoms with Crippen molar-refractivity contribution in [3.05, 3.63) is 77.2 Å². The normalized spacial score (nSPS) is 16.8. The second kappa shape index (κ2) is 12.3. The van der Waals surface area contributed by atoms with E-state index < -0.39 is 0 Å². The number of rotatable bonds is 8. The Morgan fingerprint density at radius 2 is 1.90 bits per heavy atom. The lowest BCUT2D eigenvalue weighted by Gasteiger charge is -2.32. The molecule has 2 fully saturated rings. The van der Waals surface area contributed by atoms with E-state index in [1.165, 1.54) is 5.39 Å². The maximum atomic E-state index is 11.9. The lowest BCUT2D eigenvalue weighted by atomic mass is 9.97. The second-order valence-corrected chi connectivity index (χ2v) is 11.7. The van der Waals surface area contributed by atoms with E-state index >= 15 is 0 Å².